The molecule has 0 spiro atoms. The van der Waals surface area contributed by atoms with Gasteiger partial charge in [0.15, 0.2) is 0 Å². The third-order valence-electron chi connectivity index (χ3n) is 2.53. The molecule has 0 unspecified atom stereocenters. The van der Waals surface area contributed by atoms with E-state index in [1.807, 2.05) is 0 Å². The Kier molecular flexibility index (Phi) is 3.68. The maximum Gasteiger partial charge on any atom is 0.309 e. The zero-order valence-corrected chi connectivity index (χ0v) is 9.13. The lowest BCUT2D eigenvalue weighted by Gasteiger charge is -2.25. The molecule has 0 aliphatic rings. The van der Waals surface area contributed by atoms with Crippen LogP contribution in [0.4, 0.5) is 0 Å². The Labute approximate surface area is 83.9 Å². The van der Waals surface area contributed by atoms with Gasteiger partial charge in [0.25, 0.3) is 0 Å². The van der Waals surface area contributed by atoms with E-state index in [1.165, 1.54) is 0 Å². The highest BCUT2D eigenvalue weighted by atomic mass is 16.4. The Bertz CT molecular complexity index is 215. The predicted molar refractivity (Wildman–Crippen MR) is 52.1 cm³/mol. The highest BCUT2D eigenvalue weighted by Crippen LogP contribution is 2.31. The fourth-order valence-electron chi connectivity index (χ4n) is 0.839. The van der Waals surface area contributed by atoms with Gasteiger partial charge in [-0.1, -0.05) is 0 Å². The summed E-state index contributed by atoms with van der Waals surface area (Å²) in [7, 11) is 0. The molecule has 0 aromatic carbocycles. The molecule has 0 radical (unpaired) electrons. The maximum atomic E-state index is 10.8. The van der Waals surface area contributed by atoms with E-state index in [-0.39, 0.29) is 0 Å². The van der Waals surface area contributed by atoms with E-state index in [4.69, 9.17) is 10.2 Å². The Balaban J connectivity index is 4.32. The van der Waals surface area contributed by atoms with Crippen LogP contribution in [0, 0.1) is 10.8 Å². The summed E-state index contributed by atoms with van der Waals surface area (Å²) < 4.78 is 0. The van der Waals surface area contributed by atoms with E-state index < -0.39 is 22.8 Å². The molecule has 0 amide bonds. The zero-order valence-electron chi connectivity index (χ0n) is 9.13. The molecule has 0 atom stereocenters. The quantitative estimate of drug-likeness (QED) is 0.714. The molecule has 4 heteroatoms. The van der Waals surface area contributed by atoms with Gasteiger partial charge < -0.3 is 10.2 Å². The van der Waals surface area contributed by atoms with Gasteiger partial charge in [-0.05, 0) is 40.5 Å². The van der Waals surface area contributed by atoms with E-state index in [1.54, 1.807) is 27.7 Å². The SMILES string of the molecule is CC(C)(CCC(C)(C)C(=O)O)C(=O)O. The van der Waals surface area contributed by atoms with E-state index in [2.05, 4.69) is 0 Å². The average molecular weight is 202 g/mol. The Morgan fingerprint density at radius 3 is 1.21 bits per heavy atom. The molecule has 14 heavy (non-hydrogen) atoms. The van der Waals surface area contributed by atoms with Gasteiger partial charge in [-0.25, -0.2) is 0 Å². The molecule has 0 aliphatic heterocycles. The predicted octanol–water partition coefficient (Wildman–Crippen LogP) is 1.99. The van der Waals surface area contributed by atoms with E-state index in [0.717, 1.165) is 0 Å². The van der Waals surface area contributed by atoms with Crippen LogP contribution >= 0.6 is 0 Å². The van der Waals surface area contributed by atoms with Crippen LogP contribution in [0.3, 0.4) is 0 Å². The van der Waals surface area contributed by atoms with Gasteiger partial charge >= 0.3 is 11.9 Å². The first-order chi connectivity index (χ1) is 6.09. The normalized spacial score (nSPS) is 12.6. The van der Waals surface area contributed by atoms with Gasteiger partial charge in [-0.15, -0.1) is 0 Å². The number of hydrogen-bond acceptors (Lipinski definition) is 2. The molecule has 2 N–H and O–H groups in total. The average Bonchev–Trinajstić information content (AvgIpc) is 2.01. The largest absolute Gasteiger partial charge is 0.481 e. The molecule has 0 saturated carbocycles. The summed E-state index contributed by atoms with van der Waals surface area (Å²) in [6.45, 7) is 6.42. The van der Waals surface area contributed by atoms with Gasteiger partial charge in [0.05, 0.1) is 10.8 Å². The standard InChI is InChI=1S/C10H18O4/c1-9(2,7(11)12)5-6-10(3,4)8(13)14/h5-6H2,1-4H3,(H,11,12)(H,13,14). The van der Waals surface area contributed by atoms with Crippen LogP contribution in [0.15, 0.2) is 0 Å². The second-order valence-corrected chi connectivity index (χ2v) is 4.88. The summed E-state index contributed by atoms with van der Waals surface area (Å²) in [4.78, 5) is 21.5. The summed E-state index contributed by atoms with van der Waals surface area (Å²) in [5.74, 6) is -1.78. The number of carboxylic acids is 2. The van der Waals surface area contributed by atoms with Crippen molar-refractivity contribution in [3.63, 3.8) is 0 Å². The van der Waals surface area contributed by atoms with Gasteiger partial charge in [0.1, 0.15) is 0 Å². The number of carbonyl (C=O) groups is 2. The van der Waals surface area contributed by atoms with Crippen LogP contribution in [0.5, 0.6) is 0 Å². The van der Waals surface area contributed by atoms with Crippen molar-refractivity contribution in [2.75, 3.05) is 0 Å². The fourth-order valence-corrected chi connectivity index (χ4v) is 0.839. The molecule has 4 nitrogen and oxygen atoms in total. The number of carboxylic acid groups (broad SMARTS) is 2. The second-order valence-electron chi connectivity index (χ2n) is 4.88. The Morgan fingerprint density at radius 2 is 1.07 bits per heavy atom. The molecule has 0 fully saturated rings. The molecular weight excluding hydrogens is 184 g/mol. The molecule has 0 aromatic heterocycles. The fraction of sp³-hybridized carbons (Fsp3) is 0.800. The van der Waals surface area contributed by atoms with Crippen molar-refractivity contribution >= 4 is 11.9 Å². The van der Waals surface area contributed by atoms with Gasteiger partial charge in [0, 0.05) is 0 Å². The minimum absolute atomic E-state index is 0.363. The molecule has 0 aliphatic carbocycles. The lowest BCUT2D eigenvalue weighted by Crippen LogP contribution is -2.29. The summed E-state index contributed by atoms with van der Waals surface area (Å²) in [5, 5.41) is 17.7. The van der Waals surface area contributed by atoms with E-state index in [9.17, 15) is 9.59 Å². The highest BCUT2D eigenvalue weighted by molar-refractivity contribution is 5.75. The van der Waals surface area contributed by atoms with Crippen LogP contribution in [-0.2, 0) is 9.59 Å². The first-order valence-electron chi connectivity index (χ1n) is 4.56. The highest BCUT2D eigenvalue weighted by Gasteiger charge is 2.33. The van der Waals surface area contributed by atoms with Gasteiger partial charge in [-0.3, -0.25) is 9.59 Å². The molecule has 0 rings (SSSR count). The molecule has 82 valence electrons. The first kappa shape index (κ1) is 12.9. The summed E-state index contributed by atoms with van der Waals surface area (Å²) in [5.41, 5.74) is -1.71. The van der Waals surface area contributed by atoms with Crippen molar-refractivity contribution in [1.29, 1.82) is 0 Å². The monoisotopic (exact) mass is 202 g/mol. The summed E-state index contributed by atoms with van der Waals surface area (Å²) >= 11 is 0. The van der Waals surface area contributed by atoms with Crippen molar-refractivity contribution in [1.82, 2.24) is 0 Å². The first-order valence-corrected chi connectivity index (χ1v) is 4.56. The van der Waals surface area contributed by atoms with Crippen molar-refractivity contribution in [3.05, 3.63) is 0 Å². The molecular formula is C10H18O4. The van der Waals surface area contributed by atoms with Crippen LogP contribution in [0.1, 0.15) is 40.5 Å². The zero-order chi connectivity index (χ0) is 11.6. The van der Waals surface area contributed by atoms with E-state index in [0.29, 0.717) is 12.8 Å². The third kappa shape index (κ3) is 3.36. The van der Waals surface area contributed by atoms with Crippen LogP contribution < -0.4 is 0 Å². The second kappa shape index (κ2) is 3.98. The molecule has 0 saturated heterocycles. The van der Waals surface area contributed by atoms with E-state index >= 15 is 0 Å². The molecule has 0 heterocycles. The number of aliphatic carboxylic acids is 2. The summed E-state index contributed by atoms with van der Waals surface area (Å²) in [6, 6.07) is 0. The van der Waals surface area contributed by atoms with Crippen molar-refractivity contribution in [3.8, 4) is 0 Å². The van der Waals surface area contributed by atoms with Crippen molar-refractivity contribution in [2.45, 2.75) is 40.5 Å². The van der Waals surface area contributed by atoms with Gasteiger partial charge in [-0.2, -0.15) is 0 Å². The summed E-state index contributed by atoms with van der Waals surface area (Å²) in [6.07, 6.45) is 0.725. The van der Waals surface area contributed by atoms with Crippen LogP contribution in [0.2, 0.25) is 0 Å². The number of hydrogen-bond donors (Lipinski definition) is 2. The van der Waals surface area contributed by atoms with Crippen LogP contribution in [0.25, 0.3) is 0 Å². The van der Waals surface area contributed by atoms with Gasteiger partial charge in [0.2, 0.25) is 0 Å². The third-order valence-corrected chi connectivity index (χ3v) is 2.53. The minimum atomic E-state index is -0.890. The lowest BCUT2D eigenvalue weighted by atomic mass is 9.79. The smallest absolute Gasteiger partial charge is 0.309 e. The topological polar surface area (TPSA) is 74.6 Å². The Hall–Kier alpha value is -1.06. The Morgan fingerprint density at radius 1 is 0.857 bits per heavy atom. The number of rotatable bonds is 5. The van der Waals surface area contributed by atoms with Crippen molar-refractivity contribution < 1.29 is 19.8 Å². The molecule has 0 aromatic rings. The lowest BCUT2D eigenvalue weighted by molar-refractivity contribution is -0.151. The molecule has 0 bridgehead atoms. The van der Waals surface area contributed by atoms with Crippen LogP contribution in [-0.4, -0.2) is 22.2 Å². The minimum Gasteiger partial charge on any atom is -0.481 e. The maximum absolute atomic E-state index is 10.8. The van der Waals surface area contributed by atoms with Crippen molar-refractivity contribution in [2.24, 2.45) is 10.8 Å².